The minimum Gasteiger partial charge on any atom is -0.508 e. The Bertz CT molecular complexity index is 310. The van der Waals surface area contributed by atoms with E-state index in [2.05, 4.69) is 6.92 Å². The second kappa shape index (κ2) is 3.62. The van der Waals surface area contributed by atoms with E-state index >= 15 is 0 Å². The number of rotatable bonds is 3. The van der Waals surface area contributed by atoms with Crippen LogP contribution in [-0.2, 0) is 11.2 Å². The summed E-state index contributed by atoms with van der Waals surface area (Å²) in [6.45, 7) is 3.85. The van der Waals surface area contributed by atoms with E-state index in [1.54, 1.807) is 6.07 Å². The van der Waals surface area contributed by atoms with Gasteiger partial charge in [-0.2, -0.15) is 0 Å². The Morgan fingerprint density at radius 2 is 2.07 bits per heavy atom. The molecule has 0 bridgehead atoms. The third kappa shape index (κ3) is 1.62. The molecule has 1 aromatic carbocycles. The summed E-state index contributed by atoms with van der Waals surface area (Å²) in [6, 6.07) is 7.57. The van der Waals surface area contributed by atoms with Crippen LogP contribution in [0.15, 0.2) is 24.3 Å². The lowest BCUT2D eigenvalue weighted by atomic mass is 9.77. The van der Waals surface area contributed by atoms with E-state index < -0.39 is 0 Å². The fourth-order valence-electron chi connectivity index (χ4n) is 1.89. The SMILES string of the molecule is CCC1(Cc2ccccc2O)COC1. The first-order chi connectivity index (χ1) is 6.76. The molecule has 0 spiro atoms. The molecule has 2 rings (SSSR count). The third-order valence-corrected chi connectivity index (χ3v) is 3.12. The molecule has 1 aromatic rings. The Balaban J connectivity index is 2.13. The van der Waals surface area contributed by atoms with Crippen molar-refractivity contribution < 1.29 is 9.84 Å². The quantitative estimate of drug-likeness (QED) is 0.796. The monoisotopic (exact) mass is 192 g/mol. The van der Waals surface area contributed by atoms with Gasteiger partial charge in [0.2, 0.25) is 0 Å². The molecule has 14 heavy (non-hydrogen) atoms. The van der Waals surface area contributed by atoms with Crippen LogP contribution in [0.3, 0.4) is 0 Å². The summed E-state index contributed by atoms with van der Waals surface area (Å²) < 4.78 is 5.26. The van der Waals surface area contributed by atoms with Gasteiger partial charge in [-0.15, -0.1) is 0 Å². The first-order valence-electron chi connectivity index (χ1n) is 5.10. The van der Waals surface area contributed by atoms with Crippen LogP contribution in [0.2, 0.25) is 0 Å². The molecular weight excluding hydrogens is 176 g/mol. The van der Waals surface area contributed by atoms with Crippen molar-refractivity contribution in [3.63, 3.8) is 0 Å². The third-order valence-electron chi connectivity index (χ3n) is 3.12. The van der Waals surface area contributed by atoms with E-state index in [4.69, 9.17) is 4.74 Å². The number of phenolic OH excluding ortho intramolecular Hbond substituents is 1. The van der Waals surface area contributed by atoms with Crippen LogP contribution < -0.4 is 0 Å². The predicted octanol–water partition coefficient (Wildman–Crippen LogP) is 2.36. The molecule has 0 saturated carbocycles. The summed E-state index contributed by atoms with van der Waals surface area (Å²) in [5.41, 5.74) is 1.32. The average Bonchev–Trinajstić information content (AvgIpc) is 2.14. The van der Waals surface area contributed by atoms with Crippen LogP contribution in [0.5, 0.6) is 5.75 Å². The van der Waals surface area contributed by atoms with Crippen LogP contribution in [-0.4, -0.2) is 18.3 Å². The highest BCUT2D eigenvalue weighted by molar-refractivity contribution is 5.32. The summed E-state index contributed by atoms with van der Waals surface area (Å²) in [5, 5.41) is 9.65. The smallest absolute Gasteiger partial charge is 0.118 e. The average molecular weight is 192 g/mol. The maximum atomic E-state index is 9.65. The molecule has 1 aliphatic rings. The molecule has 0 amide bonds. The van der Waals surface area contributed by atoms with Crippen molar-refractivity contribution in [1.29, 1.82) is 0 Å². The van der Waals surface area contributed by atoms with E-state index in [1.807, 2.05) is 18.2 Å². The summed E-state index contributed by atoms with van der Waals surface area (Å²) in [6.07, 6.45) is 2.04. The van der Waals surface area contributed by atoms with Crippen molar-refractivity contribution in [2.75, 3.05) is 13.2 Å². The molecule has 0 aliphatic carbocycles. The van der Waals surface area contributed by atoms with Gasteiger partial charge in [0.1, 0.15) is 5.75 Å². The van der Waals surface area contributed by atoms with Crippen molar-refractivity contribution >= 4 is 0 Å². The van der Waals surface area contributed by atoms with Crippen molar-refractivity contribution in [2.45, 2.75) is 19.8 Å². The van der Waals surface area contributed by atoms with Gasteiger partial charge in [-0.1, -0.05) is 25.1 Å². The molecule has 76 valence electrons. The number of benzene rings is 1. The second-order valence-corrected chi connectivity index (χ2v) is 4.15. The van der Waals surface area contributed by atoms with Gasteiger partial charge in [0.15, 0.2) is 0 Å². The van der Waals surface area contributed by atoms with Gasteiger partial charge < -0.3 is 9.84 Å². The molecule has 1 N–H and O–H groups in total. The Morgan fingerprint density at radius 3 is 2.57 bits per heavy atom. The minimum atomic E-state index is 0.277. The van der Waals surface area contributed by atoms with Gasteiger partial charge in [-0.3, -0.25) is 0 Å². The van der Waals surface area contributed by atoms with Gasteiger partial charge in [0.05, 0.1) is 13.2 Å². The number of phenols is 1. The van der Waals surface area contributed by atoms with E-state index in [0.717, 1.165) is 31.6 Å². The van der Waals surface area contributed by atoms with Crippen molar-refractivity contribution in [2.24, 2.45) is 5.41 Å². The number of ether oxygens (including phenoxy) is 1. The molecule has 0 radical (unpaired) electrons. The predicted molar refractivity (Wildman–Crippen MR) is 55.4 cm³/mol. The zero-order valence-electron chi connectivity index (χ0n) is 8.49. The zero-order chi connectivity index (χ0) is 10.0. The molecule has 1 aliphatic heterocycles. The highest BCUT2D eigenvalue weighted by Crippen LogP contribution is 2.36. The van der Waals surface area contributed by atoms with Crippen LogP contribution >= 0.6 is 0 Å². The maximum Gasteiger partial charge on any atom is 0.118 e. The van der Waals surface area contributed by atoms with Gasteiger partial charge in [-0.25, -0.2) is 0 Å². The molecule has 0 aromatic heterocycles. The van der Waals surface area contributed by atoms with E-state index in [0.29, 0.717) is 5.75 Å². The summed E-state index contributed by atoms with van der Waals surface area (Å²) in [5.74, 6) is 0.409. The Morgan fingerprint density at radius 1 is 1.36 bits per heavy atom. The largest absolute Gasteiger partial charge is 0.508 e. The second-order valence-electron chi connectivity index (χ2n) is 4.15. The van der Waals surface area contributed by atoms with Crippen LogP contribution in [0.1, 0.15) is 18.9 Å². The summed E-state index contributed by atoms with van der Waals surface area (Å²) in [7, 11) is 0. The summed E-state index contributed by atoms with van der Waals surface area (Å²) in [4.78, 5) is 0. The first-order valence-corrected chi connectivity index (χ1v) is 5.10. The molecule has 2 heteroatoms. The van der Waals surface area contributed by atoms with Crippen molar-refractivity contribution in [1.82, 2.24) is 0 Å². The fourth-order valence-corrected chi connectivity index (χ4v) is 1.89. The normalized spacial score (nSPS) is 18.9. The molecule has 2 nitrogen and oxygen atoms in total. The van der Waals surface area contributed by atoms with Gasteiger partial charge in [0.25, 0.3) is 0 Å². The molecule has 1 heterocycles. The van der Waals surface area contributed by atoms with Gasteiger partial charge in [-0.05, 0) is 24.5 Å². The van der Waals surface area contributed by atoms with Crippen molar-refractivity contribution in [3.05, 3.63) is 29.8 Å². The molecule has 0 unspecified atom stereocenters. The van der Waals surface area contributed by atoms with Crippen molar-refractivity contribution in [3.8, 4) is 5.75 Å². The van der Waals surface area contributed by atoms with E-state index in [1.165, 1.54) is 0 Å². The number of para-hydroxylation sites is 1. The molecular formula is C12H16O2. The Kier molecular flexibility index (Phi) is 2.46. The molecule has 1 fully saturated rings. The standard InChI is InChI=1S/C12H16O2/c1-2-12(8-14-9-12)7-10-5-3-4-6-11(10)13/h3-6,13H,2,7-9H2,1H3. The molecule has 1 saturated heterocycles. The Labute approximate surface area is 84.5 Å². The van der Waals surface area contributed by atoms with E-state index in [-0.39, 0.29) is 5.41 Å². The fraction of sp³-hybridized carbons (Fsp3) is 0.500. The van der Waals surface area contributed by atoms with Gasteiger partial charge >= 0.3 is 0 Å². The molecule has 0 atom stereocenters. The number of aromatic hydroxyl groups is 1. The van der Waals surface area contributed by atoms with E-state index in [9.17, 15) is 5.11 Å². The lowest BCUT2D eigenvalue weighted by Crippen LogP contribution is -2.43. The number of hydrogen-bond donors (Lipinski definition) is 1. The summed E-state index contributed by atoms with van der Waals surface area (Å²) >= 11 is 0. The maximum absolute atomic E-state index is 9.65. The van der Waals surface area contributed by atoms with Crippen LogP contribution in [0, 0.1) is 5.41 Å². The lowest BCUT2D eigenvalue weighted by molar-refractivity contribution is -0.114. The highest BCUT2D eigenvalue weighted by atomic mass is 16.5. The van der Waals surface area contributed by atoms with Gasteiger partial charge in [0, 0.05) is 5.41 Å². The zero-order valence-corrected chi connectivity index (χ0v) is 8.49. The Hall–Kier alpha value is -1.02. The minimum absolute atomic E-state index is 0.277. The topological polar surface area (TPSA) is 29.5 Å². The van der Waals surface area contributed by atoms with Crippen LogP contribution in [0.4, 0.5) is 0 Å². The first kappa shape index (κ1) is 9.53. The highest BCUT2D eigenvalue weighted by Gasteiger charge is 2.37. The van der Waals surface area contributed by atoms with Crippen LogP contribution in [0.25, 0.3) is 0 Å². The number of hydrogen-bond acceptors (Lipinski definition) is 2. The lowest BCUT2D eigenvalue weighted by Gasteiger charge is -2.41.